The zero-order chi connectivity index (χ0) is 22.1. The van der Waals surface area contributed by atoms with Gasteiger partial charge in [-0.1, -0.05) is 41.6 Å². The topological polar surface area (TPSA) is 94.2 Å². The highest BCUT2D eigenvalue weighted by Gasteiger charge is 2.18. The molecule has 0 unspecified atom stereocenters. The number of nitrogens with zero attached hydrogens (tertiary/aromatic N) is 5. The van der Waals surface area contributed by atoms with Crippen LogP contribution >= 0.6 is 11.8 Å². The van der Waals surface area contributed by atoms with Crippen LogP contribution in [0.2, 0.25) is 0 Å². The van der Waals surface area contributed by atoms with Gasteiger partial charge in [0.2, 0.25) is 11.7 Å². The number of aromatic nitrogens is 5. The van der Waals surface area contributed by atoms with E-state index in [0.717, 1.165) is 5.56 Å². The van der Waals surface area contributed by atoms with Crippen LogP contribution in [0.3, 0.4) is 0 Å². The summed E-state index contributed by atoms with van der Waals surface area (Å²) in [4.78, 5) is 29.7. The second-order valence-electron chi connectivity index (χ2n) is 7.19. The Morgan fingerprint density at radius 3 is 2.62 bits per heavy atom. The molecule has 32 heavy (non-hydrogen) atoms. The molecule has 3 aromatic heterocycles. The number of rotatable bonds is 5. The van der Waals surface area contributed by atoms with Gasteiger partial charge in [-0.3, -0.25) is 19.0 Å². The fourth-order valence-corrected chi connectivity index (χ4v) is 4.20. The predicted molar refractivity (Wildman–Crippen MR) is 124 cm³/mol. The summed E-state index contributed by atoms with van der Waals surface area (Å²) in [5, 5.41) is 12.5. The van der Waals surface area contributed by atoms with Gasteiger partial charge >= 0.3 is 0 Å². The van der Waals surface area contributed by atoms with E-state index < -0.39 is 0 Å². The Hall–Kier alpha value is -3.98. The van der Waals surface area contributed by atoms with Crippen LogP contribution in [0.25, 0.3) is 22.4 Å². The van der Waals surface area contributed by atoms with Crippen molar-refractivity contribution in [3.8, 4) is 5.69 Å². The van der Waals surface area contributed by atoms with Crippen LogP contribution in [0.4, 0.5) is 5.69 Å². The molecule has 5 rings (SSSR count). The molecule has 2 aromatic carbocycles. The Morgan fingerprint density at radius 2 is 1.84 bits per heavy atom. The maximum Gasteiger partial charge on any atom is 0.267 e. The lowest BCUT2D eigenvalue weighted by Gasteiger charge is -2.11. The van der Waals surface area contributed by atoms with Gasteiger partial charge in [0.25, 0.3) is 5.56 Å². The van der Waals surface area contributed by atoms with Crippen molar-refractivity contribution in [2.75, 3.05) is 11.1 Å². The largest absolute Gasteiger partial charge is 0.324 e. The highest BCUT2D eigenvalue weighted by Crippen LogP contribution is 2.23. The Balaban J connectivity index is 1.57. The molecule has 0 bridgehead atoms. The minimum absolute atomic E-state index is 0.133. The Labute approximate surface area is 186 Å². The predicted octanol–water partition coefficient (Wildman–Crippen LogP) is 3.47. The number of para-hydroxylation sites is 1. The molecule has 3 heterocycles. The second-order valence-corrected chi connectivity index (χ2v) is 8.13. The minimum atomic E-state index is -0.184. The van der Waals surface area contributed by atoms with E-state index >= 15 is 0 Å². The molecule has 0 saturated heterocycles. The van der Waals surface area contributed by atoms with Gasteiger partial charge in [-0.25, -0.2) is 4.57 Å². The van der Waals surface area contributed by atoms with Crippen molar-refractivity contribution in [1.82, 2.24) is 24.1 Å². The zero-order valence-corrected chi connectivity index (χ0v) is 17.9. The number of nitrogens with one attached hydrogen (secondary N) is 1. The standard InChI is InChI=1S/C23H18N6O2S/c1-15-8-10-17(11-9-15)28-21(31)18-6-2-3-7-19(18)29-22(28)26-27-23(29)32-14-20(30)25-16-5-4-12-24-13-16/h2-13H,14H2,1H3,(H,25,30). The first-order chi connectivity index (χ1) is 15.6. The van der Waals surface area contributed by atoms with Gasteiger partial charge in [0.05, 0.1) is 34.2 Å². The third-order valence-electron chi connectivity index (χ3n) is 4.96. The summed E-state index contributed by atoms with van der Waals surface area (Å²) in [6.07, 6.45) is 3.23. The molecule has 0 aliphatic heterocycles. The third kappa shape index (κ3) is 3.63. The van der Waals surface area contributed by atoms with E-state index in [1.54, 1.807) is 35.2 Å². The number of hydrogen-bond acceptors (Lipinski definition) is 6. The fourth-order valence-electron chi connectivity index (χ4n) is 3.46. The molecule has 0 spiro atoms. The van der Waals surface area contributed by atoms with Gasteiger partial charge in [-0.05, 0) is 43.3 Å². The second kappa shape index (κ2) is 8.27. The van der Waals surface area contributed by atoms with E-state index in [4.69, 9.17) is 0 Å². The van der Waals surface area contributed by atoms with Crippen LogP contribution in [0, 0.1) is 6.92 Å². The molecule has 0 fully saturated rings. The number of benzene rings is 2. The molecule has 158 valence electrons. The van der Waals surface area contributed by atoms with Gasteiger partial charge in [-0.2, -0.15) is 0 Å². The molecular formula is C23H18N6O2S. The number of hydrogen-bond donors (Lipinski definition) is 1. The molecule has 9 heteroatoms. The van der Waals surface area contributed by atoms with Crippen molar-refractivity contribution in [3.05, 3.63) is 89.0 Å². The SMILES string of the molecule is Cc1ccc(-n2c(=O)c3ccccc3n3c(SCC(=O)Nc4cccnc4)nnc23)cc1. The van der Waals surface area contributed by atoms with Gasteiger partial charge in [0.15, 0.2) is 5.16 Å². The van der Waals surface area contributed by atoms with Gasteiger partial charge in [0.1, 0.15) is 0 Å². The minimum Gasteiger partial charge on any atom is -0.324 e. The van der Waals surface area contributed by atoms with Crippen molar-refractivity contribution in [2.45, 2.75) is 12.1 Å². The molecule has 1 N–H and O–H groups in total. The molecular weight excluding hydrogens is 424 g/mol. The van der Waals surface area contributed by atoms with E-state index in [1.165, 1.54) is 11.8 Å². The van der Waals surface area contributed by atoms with E-state index in [0.29, 0.717) is 33.2 Å². The molecule has 0 aliphatic carbocycles. The molecule has 5 aromatic rings. The highest BCUT2D eigenvalue weighted by molar-refractivity contribution is 7.99. The number of carbonyl (C=O) groups excluding carboxylic acids is 1. The average molecular weight is 443 g/mol. The summed E-state index contributed by atoms with van der Waals surface area (Å²) in [6.45, 7) is 1.99. The van der Waals surface area contributed by atoms with E-state index in [1.807, 2.05) is 53.8 Å². The van der Waals surface area contributed by atoms with Crippen LogP contribution < -0.4 is 10.9 Å². The fraction of sp³-hybridized carbons (Fsp3) is 0.0870. The number of carbonyl (C=O) groups is 1. The molecule has 1 amide bonds. The maximum absolute atomic E-state index is 13.3. The van der Waals surface area contributed by atoms with Crippen molar-refractivity contribution in [1.29, 1.82) is 0 Å². The summed E-state index contributed by atoms with van der Waals surface area (Å²) >= 11 is 1.25. The summed E-state index contributed by atoms with van der Waals surface area (Å²) in [7, 11) is 0. The van der Waals surface area contributed by atoms with Gasteiger partial charge in [0, 0.05) is 6.20 Å². The van der Waals surface area contributed by atoms with Gasteiger partial charge < -0.3 is 5.32 Å². The summed E-state index contributed by atoms with van der Waals surface area (Å²) in [5.74, 6) is 0.344. The molecule has 0 atom stereocenters. The number of pyridine rings is 1. The summed E-state index contributed by atoms with van der Waals surface area (Å²) < 4.78 is 3.37. The zero-order valence-electron chi connectivity index (χ0n) is 17.1. The van der Waals surface area contributed by atoms with Crippen molar-refractivity contribution in [2.24, 2.45) is 0 Å². The first kappa shape index (κ1) is 20.0. The Morgan fingerprint density at radius 1 is 1.03 bits per heavy atom. The normalized spacial score (nSPS) is 11.2. The molecule has 0 saturated carbocycles. The summed E-state index contributed by atoms with van der Waals surface area (Å²) in [5.41, 5.74) is 2.94. The highest BCUT2D eigenvalue weighted by atomic mass is 32.2. The Bertz CT molecular complexity index is 1490. The average Bonchev–Trinajstić information content (AvgIpc) is 3.23. The Kier molecular flexibility index (Phi) is 5.16. The smallest absolute Gasteiger partial charge is 0.267 e. The molecule has 8 nitrogen and oxygen atoms in total. The lowest BCUT2D eigenvalue weighted by molar-refractivity contribution is -0.113. The lowest BCUT2D eigenvalue weighted by atomic mass is 10.2. The van der Waals surface area contributed by atoms with Crippen LogP contribution in [0.15, 0.2) is 83.0 Å². The number of aryl methyl sites for hydroxylation is 1. The van der Waals surface area contributed by atoms with Crippen LogP contribution in [-0.4, -0.2) is 35.8 Å². The van der Waals surface area contributed by atoms with Gasteiger partial charge in [-0.15, -0.1) is 10.2 Å². The van der Waals surface area contributed by atoms with Crippen molar-refractivity contribution < 1.29 is 4.79 Å². The molecule has 0 aliphatic rings. The van der Waals surface area contributed by atoms with E-state index in [2.05, 4.69) is 20.5 Å². The number of anilines is 1. The first-order valence-electron chi connectivity index (χ1n) is 9.90. The first-order valence-corrected chi connectivity index (χ1v) is 10.9. The quantitative estimate of drug-likeness (QED) is 0.419. The monoisotopic (exact) mass is 442 g/mol. The third-order valence-corrected chi connectivity index (χ3v) is 5.89. The summed E-state index contributed by atoms with van der Waals surface area (Å²) in [6, 6.07) is 18.5. The van der Waals surface area contributed by atoms with Crippen LogP contribution in [0.1, 0.15) is 5.56 Å². The van der Waals surface area contributed by atoms with E-state index in [-0.39, 0.29) is 17.2 Å². The lowest BCUT2D eigenvalue weighted by Crippen LogP contribution is -2.22. The van der Waals surface area contributed by atoms with E-state index in [9.17, 15) is 9.59 Å². The number of fused-ring (bicyclic) bond motifs is 3. The number of amides is 1. The van der Waals surface area contributed by atoms with Crippen LogP contribution in [0.5, 0.6) is 0 Å². The maximum atomic E-state index is 13.3. The molecule has 0 radical (unpaired) electrons. The van der Waals surface area contributed by atoms with Crippen molar-refractivity contribution >= 4 is 40.0 Å². The number of thioether (sulfide) groups is 1. The van der Waals surface area contributed by atoms with Crippen LogP contribution in [-0.2, 0) is 4.79 Å². The van der Waals surface area contributed by atoms with Crippen molar-refractivity contribution in [3.63, 3.8) is 0 Å².